The Morgan fingerprint density at radius 2 is 2.22 bits per heavy atom. The summed E-state index contributed by atoms with van der Waals surface area (Å²) < 4.78 is 1.08. The van der Waals surface area contributed by atoms with E-state index in [9.17, 15) is 0 Å². The Kier molecular flexibility index (Phi) is 4.62. The molecule has 1 saturated heterocycles. The zero-order chi connectivity index (χ0) is 13.1. The summed E-state index contributed by atoms with van der Waals surface area (Å²) in [4.78, 5) is 7.04. The molecule has 1 aromatic heterocycles. The molecule has 1 fully saturated rings. The minimum Gasteiger partial charge on any atom is -0.351 e. The molecular formula is C14H22BrN3. The maximum absolute atomic E-state index is 4.58. The summed E-state index contributed by atoms with van der Waals surface area (Å²) in [5.74, 6) is 1.11. The van der Waals surface area contributed by atoms with Gasteiger partial charge in [-0.15, -0.1) is 0 Å². The minimum atomic E-state index is 0.556. The summed E-state index contributed by atoms with van der Waals surface area (Å²) in [5, 5.41) is 3.62. The van der Waals surface area contributed by atoms with Crippen LogP contribution in [-0.2, 0) is 0 Å². The van der Waals surface area contributed by atoms with E-state index in [1.165, 1.54) is 12.0 Å². The van der Waals surface area contributed by atoms with Crippen molar-refractivity contribution in [2.45, 2.75) is 45.7 Å². The third-order valence-corrected chi connectivity index (χ3v) is 4.62. The third kappa shape index (κ3) is 2.86. The van der Waals surface area contributed by atoms with Crippen molar-refractivity contribution < 1.29 is 0 Å². The molecule has 1 aromatic rings. The minimum absolute atomic E-state index is 0.556. The van der Waals surface area contributed by atoms with Crippen LogP contribution >= 0.6 is 15.9 Å². The van der Waals surface area contributed by atoms with Gasteiger partial charge in [0.1, 0.15) is 5.82 Å². The number of halogens is 1. The molecule has 100 valence electrons. The van der Waals surface area contributed by atoms with E-state index < -0.39 is 0 Å². The van der Waals surface area contributed by atoms with Crippen LogP contribution in [0.25, 0.3) is 0 Å². The second-order valence-electron chi connectivity index (χ2n) is 5.02. The first kappa shape index (κ1) is 13.8. The van der Waals surface area contributed by atoms with E-state index in [2.05, 4.69) is 58.0 Å². The lowest BCUT2D eigenvalue weighted by molar-refractivity contribution is 0.377. The van der Waals surface area contributed by atoms with Crippen molar-refractivity contribution in [3.8, 4) is 0 Å². The topological polar surface area (TPSA) is 28.2 Å². The van der Waals surface area contributed by atoms with E-state index in [4.69, 9.17) is 0 Å². The quantitative estimate of drug-likeness (QED) is 0.929. The van der Waals surface area contributed by atoms with Gasteiger partial charge in [-0.05, 0) is 47.3 Å². The van der Waals surface area contributed by atoms with E-state index >= 15 is 0 Å². The zero-order valence-electron chi connectivity index (χ0n) is 11.4. The second-order valence-corrected chi connectivity index (χ2v) is 5.87. The van der Waals surface area contributed by atoms with Crippen molar-refractivity contribution in [1.82, 2.24) is 10.3 Å². The lowest BCUT2D eigenvalue weighted by atomic mass is 10.0. The van der Waals surface area contributed by atoms with Crippen LogP contribution in [0.1, 0.15) is 32.3 Å². The molecule has 1 aliphatic heterocycles. The molecule has 0 spiro atoms. The fraction of sp³-hybridized carbons (Fsp3) is 0.643. The summed E-state index contributed by atoms with van der Waals surface area (Å²) in [7, 11) is 0. The highest BCUT2D eigenvalue weighted by molar-refractivity contribution is 9.10. The number of anilines is 1. The van der Waals surface area contributed by atoms with Gasteiger partial charge in [0, 0.05) is 35.8 Å². The number of hydrogen-bond acceptors (Lipinski definition) is 3. The van der Waals surface area contributed by atoms with Crippen molar-refractivity contribution in [3.63, 3.8) is 0 Å². The maximum Gasteiger partial charge on any atom is 0.129 e. The first-order valence-electron chi connectivity index (χ1n) is 6.77. The number of nitrogens with one attached hydrogen (secondary N) is 1. The number of aryl methyl sites for hydroxylation is 1. The average molecular weight is 312 g/mol. The van der Waals surface area contributed by atoms with E-state index in [-0.39, 0.29) is 0 Å². The van der Waals surface area contributed by atoms with Crippen LogP contribution in [0.4, 0.5) is 5.82 Å². The van der Waals surface area contributed by atoms with Crippen LogP contribution in [0.3, 0.4) is 0 Å². The molecule has 0 aliphatic carbocycles. The Morgan fingerprint density at radius 3 is 2.83 bits per heavy atom. The number of rotatable bonds is 3. The van der Waals surface area contributed by atoms with Gasteiger partial charge in [0.25, 0.3) is 0 Å². The molecule has 2 rings (SSSR count). The average Bonchev–Trinajstić information content (AvgIpc) is 2.41. The lowest BCUT2D eigenvalue weighted by Crippen LogP contribution is -2.56. The van der Waals surface area contributed by atoms with Gasteiger partial charge in [0.15, 0.2) is 0 Å². The highest BCUT2D eigenvalue weighted by Gasteiger charge is 2.26. The molecular weight excluding hydrogens is 290 g/mol. The summed E-state index contributed by atoms with van der Waals surface area (Å²) in [6, 6.07) is 3.32. The van der Waals surface area contributed by atoms with Crippen molar-refractivity contribution in [1.29, 1.82) is 0 Å². The first-order valence-corrected chi connectivity index (χ1v) is 7.57. The first-order chi connectivity index (χ1) is 8.65. The molecule has 2 atom stereocenters. The lowest BCUT2D eigenvalue weighted by Gasteiger charge is -2.41. The molecule has 3 nitrogen and oxygen atoms in total. The maximum atomic E-state index is 4.58. The Morgan fingerprint density at radius 1 is 1.44 bits per heavy atom. The van der Waals surface area contributed by atoms with Crippen LogP contribution in [0.5, 0.6) is 0 Å². The number of hydrogen-bond donors (Lipinski definition) is 1. The molecule has 0 bridgehead atoms. The van der Waals surface area contributed by atoms with Crippen LogP contribution in [0.15, 0.2) is 16.7 Å². The SMILES string of the molecule is CCC1CN(c2cc(C)c(Br)cn2)C(CC)CN1. The summed E-state index contributed by atoms with van der Waals surface area (Å²) >= 11 is 3.52. The molecule has 4 heteroatoms. The second kappa shape index (κ2) is 6.02. The van der Waals surface area contributed by atoms with Crippen LogP contribution in [0.2, 0.25) is 0 Å². The highest BCUT2D eigenvalue weighted by atomic mass is 79.9. The van der Waals surface area contributed by atoms with Gasteiger partial charge >= 0.3 is 0 Å². The van der Waals surface area contributed by atoms with Crippen LogP contribution in [-0.4, -0.2) is 30.2 Å². The molecule has 0 radical (unpaired) electrons. The predicted octanol–water partition coefficient (Wildman–Crippen LogP) is 3.12. The smallest absolute Gasteiger partial charge is 0.129 e. The Balaban J connectivity index is 2.23. The summed E-state index contributed by atoms with van der Waals surface area (Å²) in [6.45, 7) is 8.73. The van der Waals surface area contributed by atoms with Crippen molar-refractivity contribution >= 4 is 21.7 Å². The number of pyridine rings is 1. The monoisotopic (exact) mass is 311 g/mol. The Hall–Kier alpha value is -0.610. The van der Waals surface area contributed by atoms with Crippen LogP contribution < -0.4 is 10.2 Å². The molecule has 2 heterocycles. The molecule has 2 unspecified atom stereocenters. The summed E-state index contributed by atoms with van der Waals surface area (Å²) in [6.07, 6.45) is 4.24. The van der Waals surface area contributed by atoms with Gasteiger partial charge in [-0.1, -0.05) is 13.8 Å². The van der Waals surface area contributed by atoms with E-state index in [0.717, 1.165) is 29.8 Å². The number of piperazine rings is 1. The van der Waals surface area contributed by atoms with E-state index in [1.807, 2.05) is 6.20 Å². The van der Waals surface area contributed by atoms with Gasteiger partial charge in [-0.25, -0.2) is 4.98 Å². The fourth-order valence-corrected chi connectivity index (χ4v) is 2.68. The molecule has 1 aliphatic rings. The van der Waals surface area contributed by atoms with Crippen molar-refractivity contribution in [2.24, 2.45) is 0 Å². The van der Waals surface area contributed by atoms with E-state index in [0.29, 0.717) is 12.1 Å². The van der Waals surface area contributed by atoms with Gasteiger partial charge in [0.05, 0.1) is 0 Å². The van der Waals surface area contributed by atoms with E-state index in [1.54, 1.807) is 0 Å². The highest BCUT2D eigenvalue weighted by Crippen LogP contribution is 2.24. The van der Waals surface area contributed by atoms with Crippen LogP contribution in [0, 0.1) is 6.92 Å². The van der Waals surface area contributed by atoms with Gasteiger partial charge < -0.3 is 10.2 Å². The molecule has 0 saturated carbocycles. The van der Waals surface area contributed by atoms with Crippen molar-refractivity contribution in [3.05, 3.63) is 22.3 Å². The number of nitrogens with zero attached hydrogens (tertiary/aromatic N) is 2. The normalized spacial score (nSPS) is 24.3. The molecule has 0 amide bonds. The standard InChI is InChI=1S/C14H22BrN3/c1-4-11-9-18(12(5-2)7-16-11)14-6-10(3)13(15)8-17-14/h6,8,11-12,16H,4-5,7,9H2,1-3H3. The van der Waals surface area contributed by atoms with Gasteiger partial charge in [0.2, 0.25) is 0 Å². The summed E-state index contributed by atoms with van der Waals surface area (Å²) in [5.41, 5.74) is 1.25. The van der Waals surface area contributed by atoms with Crippen molar-refractivity contribution in [2.75, 3.05) is 18.0 Å². The molecule has 18 heavy (non-hydrogen) atoms. The van der Waals surface area contributed by atoms with Gasteiger partial charge in [-0.2, -0.15) is 0 Å². The molecule has 0 aromatic carbocycles. The Bertz CT molecular complexity index is 408. The zero-order valence-corrected chi connectivity index (χ0v) is 13.0. The molecule has 1 N–H and O–H groups in total. The third-order valence-electron chi connectivity index (χ3n) is 3.79. The predicted molar refractivity (Wildman–Crippen MR) is 80.2 cm³/mol. The number of aromatic nitrogens is 1. The fourth-order valence-electron chi connectivity index (χ4n) is 2.46. The van der Waals surface area contributed by atoms with Gasteiger partial charge in [-0.3, -0.25) is 0 Å². The Labute approximate surface area is 118 Å². The largest absolute Gasteiger partial charge is 0.351 e.